The number of carbonyl (C=O) groups excluding carboxylic acids is 2. The summed E-state index contributed by atoms with van der Waals surface area (Å²) in [4.78, 5) is 27.5. The molecule has 1 aromatic heterocycles. The Morgan fingerprint density at radius 2 is 1.86 bits per heavy atom. The van der Waals surface area contributed by atoms with Crippen LogP contribution in [-0.2, 0) is 21.3 Å². The molecular formula is C22H18N2O3S. The minimum atomic E-state index is -1.23. The fourth-order valence-corrected chi connectivity index (χ4v) is 4.38. The largest absolute Gasteiger partial charge is 0.359 e. The quantitative estimate of drug-likeness (QED) is 0.512. The van der Waals surface area contributed by atoms with E-state index in [4.69, 9.17) is 0 Å². The fraction of sp³-hybridized carbons (Fsp3) is 0.0909. The number of rotatable bonds is 5. The van der Waals surface area contributed by atoms with Gasteiger partial charge >= 0.3 is 0 Å². The van der Waals surface area contributed by atoms with E-state index in [1.54, 1.807) is 30.3 Å². The van der Waals surface area contributed by atoms with Gasteiger partial charge in [-0.3, -0.25) is 13.8 Å². The van der Waals surface area contributed by atoms with Crippen molar-refractivity contribution in [3.8, 4) is 0 Å². The van der Waals surface area contributed by atoms with Crippen LogP contribution in [-0.4, -0.2) is 21.4 Å². The smallest absolute Gasteiger partial charge is 0.256 e. The number of nitrogens with one attached hydrogen (secondary N) is 2. The molecular weight excluding hydrogens is 372 g/mol. The molecule has 0 radical (unpaired) electrons. The van der Waals surface area contributed by atoms with Crippen LogP contribution in [0.4, 0.5) is 5.69 Å². The highest BCUT2D eigenvalue weighted by Gasteiger charge is 2.25. The first-order valence-corrected chi connectivity index (χ1v) is 10.1. The van der Waals surface area contributed by atoms with Crippen molar-refractivity contribution >= 4 is 40.3 Å². The molecule has 3 aromatic rings. The van der Waals surface area contributed by atoms with Gasteiger partial charge in [0.05, 0.1) is 22.1 Å². The van der Waals surface area contributed by atoms with Gasteiger partial charge in [-0.15, -0.1) is 0 Å². The van der Waals surface area contributed by atoms with E-state index in [9.17, 15) is 13.8 Å². The summed E-state index contributed by atoms with van der Waals surface area (Å²) in [6, 6.07) is 16.7. The molecule has 4 rings (SSSR count). The van der Waals surface area contributed by atoms with Crippen LogP contribution in [0.25, 0.3) is 11.6 Å². The molecule has 0 saturated carbocycles. The molecule has 0 spiro atoms. The highest BCUT2D eigenvalue weighted by Crippen LogP contribution is 2.35. The molecule has 0 saturated heterocycles. The Morgan fingerprint density at radius 1 is 1.07 bits per heavy atom. The lowest BCUT2D eigenvalue weighted by molar-refractivity contribution is -0.110. The van der Waals surface area contributed by atoms with E-state index in [-0.39, 0.29) is 5.91 Å². The van der Waals surface area contributed by atoms with Crippen LogP contribution >= 0.6 is 0 Å². The first-order valence-electron chi connectivity index (χ1n) is 8.79. The van der Waals surface area contributed by atoms with Gasteiger partial charge in [0.25, 0.3) is 5.91 Å². The average Bonchev–Trinajstić information content (AvgIpc) is 3.21. The zero-order valence-corrected chi connectivity index (χ0v) is 16.0. The van der Waals surface area contributed by atoms with Crippen LogP contribution in [0, 0.1) is 6.92 Å². The monoisotopic (exact) mass is 390 g/mol. The van der Waals surface area contributed by atoms with Crippen LogP contribution in [0.3, 0.4) is 0 Å². The van der Waals surface area contributed by atoms with Gasteiger partial charge in [0.1, 0.15) is 0 Å². The molecule has 2 heterocycles. The van der Waals surface area contributed by atoms with Crippen molar-refractivity contribution < 1.29 is 13.8 Å². The molecule has 5 nitrogen and oxygen atoms in total. The van der Waals surface area contributed by atoms with Crippen LogP contribution in [0.5, 0.6) is 0 Å². The lowest BCUT2D eigenvalue weighted by Gasteiger charge is -2.06. The number of H-pyrrole nitrogens is 1. The third-order valence-corrected chi connectivity index (χ3v) is 5.98. The maximum absolute atomic E-state index is 12.8. The highest BCUT2D eigenvalue weighted by molar-refractivity contribution is 7.84. The zero-order valence-electron chi connectivity index (χ0n) is 15.2. The molecule has 140 valence electrons. The minimum absolute atomic E-state index is 0.245. The van der Waals surface area contributed by atoms with E-state index in [1.807, 2.05) is 37.3 Å². The molecule has 1 amide bonds. The summed E-state index contributed by atoms with van der Waals surface area (Å²) in [6.45, 7) is 1.85. The van der Waals surface area contributed by atoms with Crippen LogP contribution in [0.2, 0.25) is 0 Å². The van der Waals surface area contributed by atoms with Crippen molar-refractivity contribution in [3.63, 3.8) is 0 Å². The normalized spacial score (nSPS) is 15.3. The molecule has 0 fully saturated rings. The van der Waals surface area contributed by atoms with Crippen LogP contribution in [0.15, 0.2) is 59.5 Å². The number of anilines is 1. The number of hydrogen-bond acceptors (Lipinski definition) is 3. The zero-order chi connectivity index (χ0) is 19.7. The number of aromatic amines is 1. The Bertz CT molecular complexity index is 1130. The van der Waals surface area contributed by atoms with Gasteiger partial charge in [-0.25, -0.2) is 0 Å². The third kappa shape index (κ3) is 3.46. The van der Waals surface area contributed by atoms with Crippen molar-refractivity contribution in [2.24, 2.45) is 0 Å². The standard InChI is InChI=1S/C22H18N2O3S/c1-14-9-16(12-25)21(23-14)11-19-18-10-17(7-8-20(18)24-22(19)26)28(27)13-15-5-3-2-4-6-15/h2-12,23H,13H2,1H3,(H,24,26)/b19-11-. The molecule has 1 aliphatic heterocycles. The van der Waals surface area contributed by atoms with E-state index in [0.717, 1.165) is 17.5 Å². The lowest BCUT2D eigenvalue weighted by atomic mass is 10.1. The van der Waals surface area contributed by atoms with Crippen molar-refractivity contribution in [3.05, 3.63) is 82.7 Å². The topological polar surface area (TPSA) is 79.0 Å². The molecule has 6 heteroatoms. The molecule has 2 N–H and O–H groups in total. The summed E-state index contributed by atoms with van der Waals surface area (Å²) in [6.07, 6.45) is 2.43. The predicted molar refractivity (Wildman–Crippen MR) is 110 cm³/mol. The number of aryl methyl sites for hydroxylation is 1. The minimum Gasteiger partial charge on any atom is -0.359 e. The molecule has 0 bridgehead atoms. The fourth-order valence-electron chi connectivity index (χ4n) is 3.25. The van der Waals surface area contributed by atoms with Gasteiger partial charge in [-0.05, 0) is 42.8 Å². The predicted octanol–water partition coefficient (Wildman–Crippen LogP) is 3.94. The number of aldehydes is 1. The number of fused-ring (bicyclic) bond motifs is 1. The van der Waals surface area contributed by atoms with Crippen molar-refractivity contribution in [1.29, 1.82) is 0 Å². The molecule has 0 aliphatic carbocycles. The number of hydrogen-bond donors (Lipinski definition) is 2. The second-order valence-electron chi connectivity index (χ2n) is 6.63. The van der Waals surface area contributed by atoms with Gasteiger partial charge in [0.15, 0.2) is 6.29 Å². The van der Waals surface area contributed by atoms with E-state index in [1.165, 1.54) is 0 Å². The molecule has 1 unspecified atom stereocenters. The summed E-state index contributed by atoms with van der Waals surface area (Å²) < 4.78 is 12.8. The SMILES string of the molecule is Cc1cc(C=O)c(/C=C2\C(=O)Nc3ccc(S(=O)Cc4ccccc4)cc32)[nH]1. The van der Waals surface area contributed by atoms with Crippen LogP contribution < -0.4 is 5.32 Å². The number of aromatic nitrogens is 1. The van der Waals surface area contributed by atoms with Gasteiger partial charge < -0.3 is 10.3 Å². The second kappa shape index (κ2) is 7.40. The van der Waals surface area contributed by atoms with Gasteiger partial charge in [-0.2, -0.15) is 0 Å². The maximum Gasteiger partial charge on any atom is 0.256 e. The number of amides is 1. The molecule has 2 aromatic carbocycles. The third-order valence-electron chi connectivity index (χ3n) is 4.61. The number of carbonyl (C=O) groups is 2. The summed E-state index contributed by atoms with van der Waals surface area (Å²) >= 11 is 0. The van der Waals surface area contributed by atoms with E-state index < -0.39 is 10.8 Å². The summed E-state index contributed by atoms with van der Waals surface area (Å²) in [5.41, 5.74) is 4.71. The van der Waals surface area contributed by atoms with E-state index in [0.29, 0.717) is 38.7 Å². The Morgan fingerprint density at radius 3 is 2.61 bits per heavy atom. The van der Waals surface area contributed by atoms with Gasteiger partial charge in [0, 0.05) is 33.1 Å². The van der Waals surface area contributed by atoms with Crippen molar-refractivity contribution in [2.45, 2.75) is 17.6 Å². The van der Waals surface area contributed by atoms with Crippen LogP contribution in [0.1, 0.15) is 32.9 Å². The number of benzene rings is 2. The van der Waals surface area contributed by atoms with Crippen molar-refractivity contribution in [1.82, 2.24) is 4.98 Å². The first kappa shape index (κ1) is 18.1. The highest BCUT2D eigenvalue weighted by atomic mass is 32.2. The van der Waals surface area contributed by atoms with Gasteiger partial charge in [-0.1, -0.05) is 30.3 Å². The Balaban J connectivity index is 1.70. The summed E-state index contributed by atoms with van der Waals surface area (Å²) in [5.74, 6) is 0.163. The maximum atomic E-state index is 12.8. The lowest BCUT2D eigenvalue weighted by Crippen LogP contribution is -2.03. The average molecular weight is 390 g/mol. The van der Waals surface area contributed by atoms with Crippen molar-refractivity contribution in [2.75, 3.05) is 5.32 Å². The summed E-state index contributed by atoms with van der Waals surface area (Å²) in [5, 5.41) is 2.82. The Labute approximate surface area is 164 Å². The second-order valence-corrected chi connectivity index (χ2v) is 8.09. The summed E-state index contributed by atoms with van der Waals surface area (Å²) in [7, 11) is -1.23. The Hall–Kier alpha value is -3.25. The first-order chi connectivity index (χ1) is 13.5. The van der Waals surface area contributed by atoms with E-state index in [2.05, 4.69) is 10.3 Å². The Kier molecular flexibility index (Phi) is 4.79. The van der Waals surface area contributed by atoms with E-state index >= 15 is 0 Å². The molecule has 28 heavy (non-hydrogen) atoms. The molecule has 1 aliphatic rings. The van der Waals surface area contributed by atoms with Gasteiger partial charge in [0.2, 0.25) is 0 Å². The molecule has 1 atom stereocenters.